The summed E-state index contributed by atoms with van der Waals surface area (Å²) in [5.41, 5.74) is 0.191. The number of sulfonamides is 1. The molecule has 1 aromatic rings. The van der Waals surface area contributed by atoms with Crippen LogP contribution in [0, 0.1) is 5.82 Å². The predicted octanol–water partition coefficient (Wildman–Crippen LogP) is 1.69. The van der Waals surface area contributed by atoms with Crippen molar-refractivity contribution in [3.05, 3.63) is 34.1 Å². The smallest absolute Gasteiger partial charge is 0.240 e. The Morgan fingerprint density at radius 1 is 1.44 bits per heavy atom. The van der Waals surface area contributed by atoms with Gasteiger partial charge < -0.3 is 0 Å². The summed E-state index contributed by atoms with van der Waals surface area (Å²) < 4.78 is 38.1. The first-order chi connectivity index (χ1) is 8.40. The van der Waals surface area contributed by atoms with E-state index in [9.17, 15) is 17.6 Å². The normalized spacial score (nSPS) is 18.0. The molecule has 0 saturated carbocycles. The topological polar surface area (TPSA) is 54.5 Å². The molecule has 18 heavy (non-hydrogen) atoms. The second-order valence-electron chi connectivity index (χ2n) is 4.05. The summed E-state index contributed by atoms with van der Waals surface area (Å²) in [6.45, 7) is 0.191. The molecule has 0 N–H and O–H groups in total. The molecule has 0 spiro atoms. The van der Waals surface area contributed by atoms with E-state index in [1.165, 1.54) is 18.2 Å². The lowest BCUT2D eigenvalue weighted by atomic mass is 10.1. The summed E-state index contributed by atoms with van der Waals surface area (Å²) >= 11 is 3.18. The van der Waals surface area contributed by atoms with Crippen LogP contribution in [0.1, 0.15) is 12.0 Å². The minimum atomic E-state index is -3.48. The number of benzene rings is 1. The van der Waals surface area contributed by atoms with Gasteiger partial charge in [-0.15, -0.1) is 0 Å². The van der Waals surface area contributed by atoms with Crippen LogP contribution in [0.25, 0.3) is 0 Å². The van der Waals surface area contributed by atoms with Crippen molar-refractivity contribution >= 4 is 31.9 Å². The van der Waals surface area contributed by atoms with Gasteiger partial charge in [0.15, 0.2) is 0 Å². The molecule has 1 aliphatic rings. The molecule has 1 amide bonds. The van der Waals surface area contributed by atoms with Crippen LogP contribution in [0.3, 0.4) is 0 Å². The van der Waals surface area contributed by atoms with Gasteiger partial charge in [-0.2, -0.15) is 0 Å². The third-order valence-electron chi connectivity index (χ3n) is 2.73. The van der Waals surface area contributed by atoms with E-state index in [1.54, 1.807) is 0 Å². The minimum Gasteiger partial charge on any atom is -0.273 e. The highest BCUT2D eigenvalue weighted by Gasteiger charge is 2.32. The maximum atomic E-state index is 13.5. The number of amides is 1. The van der Waals surface area contributed by atoms with E-state index in [2.05, 4.69) is 15.9 Å². The third kappa shape index (κ3) is 2.72. The number of carbonyl (C=O) groups is 1. The van der Waals surface area contributed by atoms with Gasteiger partial charge in [0.25, 0.3) is 0 Å². The molecule has 1 aliphatic heterocycles. The highest BCUT2D eigenvalue weighted by Crippen LogP contribution is 2.19. The maximum absolute atomic E-state index is 13.5. The molecule has 98 valence electrons. The van der Waals surface area contributed by atoms with Gasteiger partial charge >= 0.3 is 0 Å². The molecule has 0 atom stereocenters. The molecule has 0 bridgehead atoms. The van der Waals surface area contributed by atoms with Gasteiger partial charge in [0.2, 0.25) is 15.9 Å². The Kier molecular flexibility index (Phi) is 3.72. The van der Waals surface area contributed by atoms with Gasteiger partial charge in [-0.1, -0.05) is 15.9 Å². The van der Waals surface area contributed by atoms with Gasteiger partial charge in [-0.3, -0.25) is 4.79 Å². The quantitative estimate of drug-likeness (QED) is 0.826. The Morgan fingerprint density at radius 3 is 2.78 bits per heavy atom. The number of rotatable bonds is 2. The van der Waals surface area contributed by atoms with Gasteiger partial charge in [0, 0.05) is 11.0 Å². The van der Waals surface area contributed by atoms with E-state index < -0.39 is 21.7 Å². The first-order valence-electron chi connectivity index (χ1n) is 5.37. The molecular weight excluding hydrogens is 325 g/mol. The predicted molar refractivity (Wildman–Crippen MR) is 67.9 cm³/mol. The Hall–Kier alpha value is -0.950. The SMILES string of the molecule is O=C(Cc1cc(Br)ccc1F)N1CCCS1(=O)=O. The molecule has 7 heteroatoms. The highest BCUT2D eigenvalue weighted by atomic mass is 79.9. The molecule has 1 heterocycles. The minimum absolute atomic E-state index is 0.0142. The zero-order valence-electron chi connectivity index (χ0n) is 9.40. The zero-order valence-corrected chi connectivity index (χ0v) is 11.8. The summed E-state index contributed by atoms with van der Waals surface area (Å²) in [6, 6.07) is 4.25. The molecule has 1 aromatic carbocycles. The number of hydrogen-bond donors (Lipinski definition) is 0. The van der Waals surface area contributed by atoms with Crippen molar-refractivity contribution in [3.63, 3.8) is 0 Å². The Morgan fingerprint density at radius 2 is 2.17 bits per heavy atom. The van der Waals surface area contributed by atoms with Gasteiger partial charge in [-0.25, -0.2) is 17.1 Å². The lowest BCUT2D eigenvalue weighted by Gasteiger charge is -2.14. The van der Waals surface area contributed by atoms with Gasteiger partial charge in [0.05, 0.1) is 12.2 Å². The van der Waals surface area contributed by atoms with Crippen LogP contribution in [0.5, 0.6) is 0 Å². The molecule has 4 nitrogen and oxygen atoms in total. The summed E-state index contributed by atoms with van der Waals surface area (Å²) in [4.78, 5) is 11.9. The molecule has 0 aliphatic carbocycles. The average Bonchev–Trinajstić information content (AvgIpc) is 2.63. The maximum Gasteiger partial charge on any atom is 0.240 e. The Bertz CT molecular complexity index is 588. The Balaban J connectivity index is 2.19. The number of nitrogens with zero attached hydrogens (tertiary/aromatic N) is 1. The van der Waals surface area contributed by atoms with Crippen LogP contribution < -0.4 is 0 Å². The van der Waals surface area contributed by atoms with E-state index in [1.807, 2.05) is 0 Å². The number of halogens is 2. The van der Waals surface area contributed by atoms with E-state index in [0.717, 1.165) is 4.31 Å². The molecule has 0 unspecified atom stereocenters. The third-order valence-corrected chi connectivity index (χ3v) is 5.08. The van der Waals surface area contributed by atoms with Crippen LogP contribution in [-0.2, 0) is 21.2 Å². The lowest BCUT2D eigenvalue weighted by Crippen LogP contribution is -2.33. The van der Waals surface area contributed by atoms with Crippen LogP contribution in [0.2, 0.25) is 0 Å². The first kappa shape index (κ1) is 13.5. The average molecular weight is 336 g/mol. The van der Waals surface area contributed by atoms with Gasteiger partial charge in [-0.05, 0) is 30.2 Å². The van der Waals surface area contributed by atoms with Crippen molar-refractivity contribution in [2.75, 3.05) is 12.3 Å². The summed E-state index contributed by atoms with van der Waals surface area (Å²) in [7, 11) is -3.48. The fourth-order valence-corrected chi connectivity index (χ4v) is 3.75. The highest BCUT2D eigenvalue weighted by molar-refractivity contribution is 9.10. The summed E-state index contributed by atoms with van der Waals surface area (Å²) in [6.07, 6.45) is 0.194. The second-order valence-corrected chi connectivity index (χ2v) is 6.98. The van der Waals surface area contributed by atoms with E-state index in [-0.39, 0.29) is 24.3 Å². The monoisotopic (exact) mass is 335 g/mol. The van der Waals surface area contributed by atoms with Gasteiger partial charge in [0.1, 0.15) is 5.82 Å². The first-order valence-corrected chi connectivity index (χ1v) is 7.77. The van der Waals surface area contributed by atoms with Crippen molar-refractivity contribution in [2.24, 2.45) is 0 Å². The molecule has 1 saturated heterocycles. The van der Waals surface area contributed by atoms with E-state index >= 15 is 0 Å². The largest absolute Gasteiger partial charge is 0.273 e. The fraction of sp³-hybridized carbons (Fsp3) is 0.364. The molecule has 1 fully saturated rings. The van der Waals surface area contributed by atoms with Crippen molar-refractivity contribution in [1.82, 2.24) is 4.31 Å². The lowest BCUT2D eigenvalue weighted by molar-refractivity contribution is -0.125. The van der Waals surface area contributed by atoms with Crippen LogP contribution in [0.15, 0.2) is 22.7 Å². The Labute approximate surface area is 113 Å². The van der Waals surface area contributed by atoms with Crippen LogP contribution in [-0.4, -0.2) is 30.9 Å². The second kappa shape index (κ2) is 4.97. The summed E-state index contributed by atoms with van der Waals surface area (Å²) in [5.74, 6) is -1.10. The van der Waals surface area contributed by atoms with Crippen molar-refractivity contribution in [2.45, 2.75) is 12.8 Å². The zero-order chi connectivity index (χ0) is 13.3. The fourth-order valence-electron chi connectivity index (χ4n) is 1.85. The van der Waals surface area contributed by atoms with E-state index in [4.69, 9.17) is 0 Å². The molecule has 0 aromatic heterocycles. The number of hydrogen-bond acceptors (Lipinski definition) is 3. The molecular formula is C11H11BrFNO3S. The van der Waals surface area contributed by atoms with E-state index in [0.29, 0.717) is 10.9 Å². The standard InChI is InChI=1S/C11H11BrFNO3S/c12-9-2-3-10(13)8(6-9)7-11(15)14-4-1-5-18(14,16)17/h2-3,6H,1,4-5,7H2. The van der Waals surface area contributed by atoms with Crippen LogP contribution in [0.4, 0.5) is 4.39 Å². The molecule has 0 radical (unpaired) electrons. The van der Waals surface area contributed by atoms with Crippen molar-refractivity contribution < 1.29 is 17.6 Å². The van der Waals surface area contributed by atoms with Crippen molar-refractivity contribution in [1.29, 1.82) is 0 Å². The van der Waals surface area contributed by atoms with Crippen LogP contribution >= 0.6 is 15.9 Å². The number of carbonyl (C=O) groups excluding carboxylic acids is 1. The van der Waals surface area contributed by atoms with Crippen molar-refractivity contribution in [3.8, 4) is 0 Å². The molecule has 2 rings (SSSR count). The summed E-state index contributed by atoms with van der Waals surface area (Å²) in [5, 5.41) is 0.